The molecule has 0 aromatic heterocycles. The summed E-state index contributed by atoms with van der Waals surface area (Å²) >= 11 is 0. The molecular weight excluding hydrogens is 279 g/mol. The molecule has 0 saturated carbocycles. The maximum Gasteiger partial charge on any atom is 0.306 e. The van der Waals surface area contributed by atoms with Crippen molar-refractivity contribution in [3.8, 4) is 5.75 Å². The fourth-order valence-electron chi connectivity index (χ4n) is 1.85. The third kappa shape index (κ3) is 3.76. The molecule has 0 spiro atoms. The Morgan fingerprint density at radius 3 is 2.38 bits per heavy atom. The van der Waals surface area contributed by atoms with Crippen LogP contribution < -0.4 is 10.5 Å². The fraction of sp³-hybridized carbons (Fsp3) is 0.250. The van der Waals surface area contributed by atoms with E-state index >= 15 is 0 Å². The lowest BCUT2D eigenvalue weighted by atomic mass is 10.1. The molecule has 0 heterocycles. The second-order valence-electron chi connectivity index (χ2n) is 4.84. The molecule has 0 fully saturated rings. The summed E-state index contributed by atoms with van der Waals surface area (Å²) in [4.78, 5) is 0. The molecule has 2 N–H and O–H groups in total. The molecule has 0 aliphatic heterocycles. The number of nitrogens with two attached hydrogens (primary N) is 1. The van der Waals surface area contributed by atoms with Gasteiger partial charge in [-0.3, -0.25) is 0 Å². The summed E-state index contributed by atoms with van der Waals surface area (Å²) in [5.74, 6) is -4.10. The monoisotopic (exact) mass is 295 g/mol. The van der Waals surface area contributed by atoms with Crippen molar-refractivity contribution in [2.24, 2.45) is 5.73 Å². The van der Waals surface area contributed by atoms with Crippen molar-refractivity contribution in [3.63, 3.8) is 0 Å². The lowest BCUT2D eigenvalue weighted by Gasteiger charge is -2.18. The van der Waals surface area contributed by atoms with E-state index in [-0.39, 0.29) is 17.4 Å². The number of benzene rings is 2. The van der Waals surface area contributed by atoms with Crippen LogP contribution in [0, 0.1) is 5.82 Å². The molecule has 2 rings (SSSR count). The van der Waals surface area contributed by atoms with Crippen molar-refractivity contribution in [2.75, 3.05) is 6.61 Å². The smallest absolute Gasteiger partial charge is 0.306 e. The van der Waals surface area contributed by atoms with Gasteiger partial charge >= 0.3 is 5.92 Å². The van der Waals surface area contributed by atoms with E-state index in [1.807, 2.05) is 0 Å². The van der Waals surface area contributed by atoms with Crippen LogP contribution in [0.4, 0.5) is 13.2 Å². The second-order valence-corrected chi connectivity index (χ2v) is 4.84. The number of rotatable bonds is 5. The summed E-state index contributed by atoms with van der Waals surface area (Å²) in [5.41, 5.74) is 6.03. The second kappa shape index (κ2) is 6.18. The summed E-state index contributed by atoms with van der Waals surface area (Å²) in [7, 11) is 0. The van der Waals surface area contributed by atoms with Gasteiger partial charge in [0.15, 0.2) is 18.2 Å². The highest BCUT2D eigenvalue weighted by atomic mass is 19.3. The van der Waals surface area contributed by atoms with E-state index in [4.69, 9.17) is 10.5 Å². The summed E-state index contributed by atoms with van der Waals surface area (Å²) in [5, 5.41) is 0. The van der Waals surface area contributed by atoms with Gasteiger partial charge in [-0.25, -0.2) is 4.39 Å². The number of ether oxygens (including phenoxy) is 1. The highest BCUT2D eigenvalue weighted by molar-refractivity contribution is 5.31. The van der Waals surface area contributed by atoms with Gasteiger partial charge in [-0.2, -0.15) is 8.78 Å². The molecule has 112 valence electrons. The Morgan fingerprint density at radius 2 is 1.81 bits per heavy atom. The highest BCUT2D eigenvalue weighted by Gasteiger charge is 2.32. The first-order valence-electron chi connectivity index (χ1n) is 6.51. The number of alkyl halides is 2. The third-order valence-electron chi connectivity index (χ3n) is 3.09. The number of hydrogen-bond donors (Lipinski definition) is 1. The van der Waals surface area contributed by atoms with Crippen LogP contribution in [-0.2, 0) is 5.92 Å². The van der Waals surface area contributed by atoms with Crippen LogP contribution in [0.2, 0.25) is 0 Å². The average Bonchev–Trinajstić information content (AvgIpc) is 2.46. The largest absolute Gasteiger partial charge is 0.484 e. The molecule has 5 heteroatoms. The van der Waals surface area contributed by atoms with Gasteiger partial charge in [-0.1, -0.05) is 36.4 Å². The van der Waals surface area contributed by atoms with Crippen LogP contribution in [0.5, 0.6) is 5.75 Å². The molecule has 2 aromatic rings. The average molecular weight is 295 g/mol. The number of halogens is 3. The Labute approximate surface area is 121 Å². The molecule has 1 unspecified atom stereocenters. The van der Waals surface area contributed by atoms with Gasteiger partial charge in [0.05, 0.1) is 0 Å². The zero-order valence-electron chi connectivity index (χ0n) is 11.5. The standard InChI is InChI=1S/C16H16F3NO/c1-11(20)12-7-8-15(14(17)9-12)21-10-16(18,19)13-5-3-2-4-6-13/h2-9,11H,10,20H2,1H3. The van der Waals surface area contributed by atoms with E-state index in [2.05, 4.69) is 0 Å². The van der Waals surface area contributed by atoms with Crippen molar-refractivity contribution >= 4 is 0 Å². The Bertz CT molecular complexity index is 600. The van der Waals surface area contributed by atoms with E-state index < -0.39 is 18.3 Å². The summed E-state index contributed by atoms with van der Waals surface area (Å²) in [6, 6.07) is 11.0. The molecule has 2 aromatic carbocycles. The Balaban J connectivity index is 2.09. The van der Waals surface area contributed by atoms with Gasteiger partial charge in [-0.15, -0.1) is 0 Å². The highest BCUT2D eigenvalue weighted by Crippen LogP contribution is 2.30. The van der Waals surface area contributed by atoms with Crippen LogP contribution in [0.15, 0.2) is 48.5 Å². The van der Waals surface area contributed by atoms with Crippen LogP contribution in [0.3, 0.4) is 0 Å². The Hall–Kier alpha value is -2.01. The van der Waals surface area contributed by atoms with E-state index in [1.54, 1.807) is 19.1 Å². The molecule has 0 bridgehead atoms. The maximum absolute atomic E-state index is 13.9. The lowest BCUT2D eigenvalue weighted by molar-refractivity contribution is -0.0475. The lowest BCUT2D eigenvalue weighted by Crippen LogP contribution is -2.23. The van der Waals surface area contributed by atoms with Gasteiger partial charge < -0.3 is 10.5 Å². The van der Waals surface area contributed by atoms with Crippen molar-refractivity contribution in [2.45, 2.75) is 18.9 Å². The third-order valence-corrected chi connectivity index (χ3v) is 3.09. The molecule has 0 aliphatic carbocycles. The minimum atomic E-state index is -3.19. The Kier molecular flexibility index (Phi) is 4.53. The first-order valence-corrected chi connectivity index (χ1v) is 6.51. The first kappa shape index (κ1) is 15.4. The van der Waals surface area contributed by atoms with Gasteiger partial charge in [0.25, 0.3) is 0 Å². The minimum Gasteiger partial charge on any atom is -0.484 e. The first-order chi connectivity index (χ1) is 9.90. The van der Waals surface area contributed by atoms with Crippen LogP contribution in [0.25, 0.3) is 0 Å². The maximum atomic E-state index is 13.9. The Morgan fingerprint density at radius 1 is 1.14 bits per heavy atom. The van der Waals surface area contributed by atoms with Crippen molar-refractivity contribution in [1.29, 1.82) is 0 Å². The molecule has 0 aliphatic rings. The molecule has 0 radical (unpaired) electrons. The normalized spacial score (nSPS) is 13.0. The zero-order valence-corrected chi connectivity index (χ0v) is 11.5. The quantitative estimate of drug-likeness (QED) is 0.904. The molecule has 21 heavy (non-hydrogen) atoms. The van der Waals surface area contributed by atoms with Gasteiger partial charge in [0.1, 0.15) is 0 Å². The summed E-state index contributed by atoms with van der Waals surface area (Å²) in [6.07, 6.45) is 0. The van der Waals surface area contributed by atoms with Crippen molar-refractivity contribution in [1.82, 2.24) is 0 Å². The van der Waals surface area contributed by atoms with E-state index in [9.17, 15) is 13.2 Å². The molecule has 1 atom stereocenters. The SMILES string of the molecule is CC(N)c1ccc(OCC(F)(F)c2ccccc2)c(F)c1. The molecule has 2 nitrogen and oxygen atoms in total. The van der Waals surface area contributed by atoms with Crippen molar-refractivity contribution in [3.05, 3.63) is 65.5 Å². The van der Waals surface area contributed by atoms with Gasteiger partial charge in [0, 0.05) is 11.6 Å². The van der Waals surface area contributed by atoms with E-state index in [0.717, 1.165) is 0 Å². The molecule has 0 amide bonds. The number of hydrogen-bond acceptors (Lipinski definition) is 2. The predicted molar refractivity (Wildman–Crippen MR) is 74.8 cm³/mol. The van der Waals surface area contributed by atoms with Crippen LogP contribution in [0.1, 0.15) is 24.1 Å². The van der Waals surface area contributed by atoms with E-state index in [1.165, 1.54) is 36.4 Å². The van der Waals surface area contributed by atoms with Gasteiger partial charge in [0.2, 0.25) is 0 Å². The topological polar surface area (TPSA) is 35.2 Å². The fourth-order valence-corrected chi connectivity index (χ4v) is 1.85. The van der Waals surface area contributed by atoms with Crippen LogP contribution >= 0.6 is 0 Å². The molecule has 0 saturated heterocycles. The summed E-state index contributed by atoms with van der Waals surface area (Å²) < 4.78 is 46.5. The van der Waals surface area contributed by atoms with Crippen molar-refractivity contribution < 1.29 is 17.9 Å². The zero-order chi connectivity index (χ0) is 15.5. The summed E-state index contributed by atoms with van der Waals surface area (Å²) in [6.45, 7) is 0.782. The van der Waals surface area contributed by atoms with Gasteiger partial charge in [-0.05, 0) is 24.6 Å². The van der Waals surface area contributed by atoms with Crippen LogP contribution in [-0.4, -0.2) is 6.61 Å². The molecular formula is C16H16F3NO. The van der Waals surface area contributed by atoms with E-state index in [0.29, 0.717) is 5.56 Å². The minimum absolute atomic E-state index is 0.169. The predicted octanol–water partition coefficient (Wildman–Crippen LogP) is 4.02.